The van der Waals surface area contributed by atoms with Gasteiger partial charge in [0.1, 0.15) is 36.0 Å². The van der Waals surface area contributed by atoms with Gasteiger partial charge in [-0.3, -0.25) is 28.8 Å². The van der Waals surface area contributed by atoms with Crippen LogP contribution in [-0.2, 0) is 40.0 Å². The van der Waals surface area contributed by atoms with Crippen molar-refractivity contribution in [3.63, 3.8) is 0 Å². The highest BCUT2D eigenvalue weighted by Crippen LogP contribution is 2.21. The molecule has 5 amide bonds. The molecule has 2 rings (SSSR count). The summed E-state index contributed by atoms with van der Waals surface area (Å²) in [7, 11) is 0. The van der Waals surface area contributed by atoms with E-state index in [2.05, 4.69) is 21.3 Å². The normalized spacial score (nSPS) is 16.7. The smallest absolute Gasteiger partial charge is 0.326 e. The first-order valence-corrected chi connectivity index (χ1v) is 20.2. The Morgan fingerprint density at radius 2 is 1.36 bits per heavy atom. The lowest BCUT2D eigenvalue weighted by molar-refractivity contribution is -0.143. The molecule has 0 spiro atoms. The number of nitrogens with one attached hydrogen (secondary N) is 4. The number of aromatic hydroxyl groups is 1. The van der Waals surface area contributed by atoms with Crippen molar-refractivity contribution in [3.05, 3.63) is 29.8 Å². The van der Waals surface area contributed by atoms with Crippen LogP contribution >= 0.6 is 0 Å². The Morgan fingerprint density at radius 3 is 1.90 bits per heavy atom. The number of nitrogens with zero attached hydrogens (tertiary/aromatic N) is 1. The maximum absolute atomic E-state index is 14.0. The van der Waals surface area contributed by atoms with Crippen LogP contribution in [0.2, 0.25) is 0 Å². The van der Waals surface area contributed by atoms with E-state index in [1.165, 1.54) is 17.0 Å². The molecule has 0 saturated carbocycles. The highest BCUT2D eigenvalue weighted by Gasteiger charge is 2.40. The van der Waals surface area contributed by atoms with E-state index in [9.17, 15) is 39.0 Å². The highest BCUT2D eigenvalue weighted by molar-refractivity contribution is 5.96. The van der Waals surface area contributed by atoms with E-state index in [0.29, 0.717) is 76.4 Å². The van der Waals surface area contributed by atoms with Gasteiger partial charge in [-0.25, -0.2) is 4.79 Å². The first kappa shape index (κ1) is 51.2. The third-order valence-corrected chi connectivity index (χ3v) is 9.83. The first-order valence-electron chi connectivity index (χ1n) is 20.2. The Bertz CT molecular complexity index is 1470. The molecule has 0 radical (unpaired) electrons. The average molecular weight is 821 g/mol. The molecule has 328 valence electrons. The van der Waals surface area contributed by atoms with Crippen molar-refractivity contribution in [1.82, 2.24) is 26.2 Å². The predicted molar refractivity (Wildman–Crippen MR) is 218 cm³/mol. The summed E-state index contributed by atoms with van der Waals surface area (Å²) in [6, 6.07) is -0.0902. The van der Waals surface area contributed by atoms with Gasteiger partial charge in [0, 0.05) is 19.9 Å². The minimum absolute atomic E-state index is 0.0106. The van der Waals surface area contributed by atoms with Crippen LogP contribution in [0.3, 0.4) is 0 Å². The molecule has 13 N–H and O–H groups in total. The van der Waals surface area contributed by atoms with Crippen molar-refractivity contribution in [2.24, 2.45) is 29.0 Å². The molecule has 7 atom stereocenters. The number of unbranched alkanes of at least 4 members (excludes halogenated alkanes) is 2. The fraction of sp³-hybridized carbons (Fsp3) is 0.675. The molecule has 0 aromatic heterocycles. The molecule has 18 nitrogen and oxygen atoms in total. The lowest BCUT2D eigenvalue weighted by atomic mass is 9.96. The number of phenolic OH excluding ortho intramolecular Hbond substituents is 1. The number of hydrogen-bond donors (Lipinski definition) is 10. The van der Waals surface area contributed by atoms with E-state index in [4.69, 9.17) is 27.1 Å². The van der Waals surface area contributed by atoms with Crippen molar-refractivity contribution in [3.8, 4) is 5.75 Å². The van der Waals surface area contributed by atoms with Crippen LogP contribution in [0.4, 0.5) is 0 Å². The summed E-state index contributed by atoms with van der Waals surface area (Å²) in [5, 5.41) is 37.9. The second-order valence-electron chi connectivity index (χ2n) is 15.3. The third kappa shape index (κ3) is 18.6. The topological polar surface area (TPSA) is 310 Å². The van der Waals surface area contributed by atoms with E-state index in [1.807, 2.05) is 20.8 Å². The molecule has 1 aromatic rings. The Hall–Kier alpha value is -4.81. The summed E-state index contributed by atoms with van der Waals surface area (Å²) in [6.45, 7) is 9.50. The summed E-state index contributed by atoms with van der Waals surface area (Å²) in [6.07, 6.45) is 4.76. The number of rotatable bonds is 24. The zero-order valence-corrected chi connectivity index (χ0v) is 34.7. The fourth-order valence-corrected chi connectivity index (χ4v) is 6.43. The first-order chi connectivity index (χ1) is 27.4. The third-order valence-electron chi connectivity index (χ3n) is 9.83. The number of carboxylic acid groups (broad SMARTS) is 2. The van der Waals surface area contributed by atoms with Crippen molar-refractivity contribution in [2.45, 2.75) is 141 Å². The van der Waals surface area contributed by atoms with Gasteiger partial charge in [-0.2, -0.15) is 0 Å². The number of likely N-dealkylation sites (tertiary alicyclic amines) is 1. The van der Waals surface area contributed by atoms with E-state index in [-0.39, 0.29) is 31.1 Å². The number of hydrogen-bond acceptors (Lipinski definition) is 11. The minimum Gasteiger partial charge on any atom is -0.508 e. The molecule has 1 fully saturated rings. The van der Waals surface area contributed by atoms with E-state index in [1.54, 1.807) is 19.1 Å². The Morgan fingerprint density at radius 1 is 0.793 bits per heavy atom. The van der Waals surface area contributed by atoms with E-state index >= 15 is 0 Å². The van der Waals surface area contributed by atoms with Crippen LogP contribution in [0.15, 0.2) is 24.3 Å². The predicted octanol–water partition coefficient (Wildman–Crippen LogP) is 0.718. The molecule has 0 aliphatic carbocycles. The van der Waals surface area contributed by atoms with Gasteiger partial charge in [0.2, 0.25) is 29.5 Å². The molecular formula is C40H68N8O10. The van der Waals surface area contributed by atoms with Gasteiger partial charge in [-0.15, -0.1) is 0 Å². The number of carbonyl (C=O) groups is 7. The monoisotopic (exact) mass is 821 g/mol. The number of amides is 5. The van der Waals surface area contributed by atoms with Gasteiger partial charge >= 0.3 is 5.97 Å². The molecule has 0 unspecified atom stereocenters. The summed E-state index contributed by atoms with van der Waals surface area (Å²) in [5.74, 6) is -5.25. The molecule has 1 saturated heterocycles. The van der Waals surface area contributed by atoms with Crippen LogP contribution in [0.25, 0.3) is 0 Å². The van der Waals surface area contributed by atoms with Gasteiger partial charge in [-0.1, -0.05) is 52.7 Å². The van der Waals surface area contributed by atoms with Gasteiger partial charge in [0.25, 0.3) is 5.97 Å². The molecule has 1 aliphatic heterocycles. The molecule has 0 bridgehead atoms. The Labute approximate surface area is 341 Å². The second-order valence-corrected chi connectivity index (χ2v) is 15.3. The number of carboxylic acids is 2. The fourth-order valence-electron chi connectivity index (χ4n) is 6.43. The van der Waals surface area contributed by atoms with Crippen LogP contribution in [-0.4, -0.2) is 118 Å². The van der Waals surface area contributed by atoms with Crippen molar-refractivity contribution in [2.75, 3.05) is 19.6 Å². The highest BCUT2D eigenvalue weighted by atomic mass is 16.4. The second kappa shape index (κ2) is 27.0. The number of carbonyl (C=O) groups excluding carboxylic acids is 5. The molecule has 58 heavy (non-hydrogen) atoms. The largest absolute Gasteiger partial charge is 0.508 e. The lowest BCUT2D eigenvalue weighted by Gasteiger charge is -2.31. The van der Waals surface area contributed by atoms with E-state index in [0.717, 1.165) is 6.92 Å². The maximum atomic E-state index is 14.0. The maximum Gasteiger partial charge on any atom is 0.326 e. The van der Waals surface area contributed by atoms with Gasteiger partial charge < -0.3 is 58.7 Å². The molecule has 1 heterocycles. The SMILES string of the molecule is CC(=O)O.CC[C@H](C)[C@H](NC(=O)[C@H](Cc1ccc(O)cc1)NC(=O)[C@@H]1CCCN1C(=O)[C@H](CCCCN)NC(=O)[C@@H](N)CCCCN)C(=O)N[C@@H](CC(C)C)C(=O)O. The minimum atomic E-state index is -1.21. The Kier molecular flexibility index (Phi) is 23.8. The molecule has 1 aliphatic rings. The quantitative estimate of drug-likeness (QED) is 0.0644. The standard InChI is InChI=1S/C38H64N8O8.C2H4O2/c1-5-24(4)32(36(51)44-30(38(53)54)21-23(2)3)45-34(49)29(22-25-14-16-26(47)17-15-25)43-35(50)31-13-10-20-46(31)37(52)28(12-7-9-19-40)42-33(48)27(41)11-6-8-18-39;1-2(3)4/h14-17,23-24,27-32,47H,5-13,18-22,39-41H2,1-4H3,(H,42,48)(H,43,50)(H,44,51)(H,45,49)(H,53,54);1H3,(H,3,4)/t24-,27-,28-,29-,30-,31-,32-;/m0./s1. The molecular weight excluding hydrogens is 752 g/mol. The molecule has 18 heteroatoms. The van der Waals surface area contributed by atoms with E-state index < -0.39 is 83.6 Å². The van der Waals surface area contributed by atoms with Gasteiger partial charge in [-0.05, 0) is 94.0 Å². The lowest BCUT2D eigenvalue weighted by Crippen LogP contribution is -2.60. The number of nitrogens with two attached hydrogens (primary N) is 3. The van der Waals surface area contributed by atoms with Gasteiger partial charge in [0.05, 0.1) is 6.04 Å². The van der Waals surface area contributed by atoms with Gasteiger partial charge in [0.15, 0.2) is 0 Å². The van der Waals surface area contributed by atoms with Crippen molar-refractivity contribution >= 4 is 41.5 Å². The van der Waals surface area contributed by atoms with Crippen LogP contribution in [0, 0.1) is 11.8 Å². The Balaban J connectivity index is 0.00000400. The van der Waals surface area contributed by atoms with Crippen LogP contribution in [0.1, 0.15) is 104 Å². The van der Waals surface area contributed by atoms with Crippen molar-refractivity contribution < 1.29 is 48.9 Å². The van der Waals surface area contributed by atoms with Crippen LogP contribution < -0.4 is 38.5 Å². The zero-order valence-electron chi connectivity index (χ0n) is 34.7. The molecule has 1 aromatic carbocycles. The van der Waals surface area contributed by atoms with Crippen LogP contribution in [0.5, 0.6) is 5.75 Å². The summed E-state index contributed by atoms with van der Waals surface area (Å²) < 4.78 is 0. The number of benzene rings is 1. The zero-order chi connectivity index (χ0) is 43.9. The van der Waals surface area contributed by atoms with Crippen molar-refractivity contribution in [1.29, 1.82) is 0 Å². The number of aliphatic carboxylic acids is 2. The number of phenols is 1. The summed E-state index contributed by atoms with van der Waals surface area (Å²) in [4.78, 5) is 90.9. The summed E-state index contributed by atoms with van der Waals surface area (Å²) in [5.41, 5.74) is 18.0. The average Bonchev–Trinajstić information content (AvgIpc) is 3.66. The summed E-state index contributed by atoms with van der Waals surface area (Å²) >= 11 is 0.